The maximum atomic E-state index is 12.6. The second-order valence-corrected chi connectivity index (χ2v) is 7.29. The number of aromatic hydroxyl groups is 1. The number of hydrogen-bond acceptors (Lipinski definition) is 5. The van der Waals surface area contributed by atoms with Crippen LogP contribution in [0.25, 0.3) is 6.08 Å². The lowest BCUT2D eigenvalue weighted by Crippen LogP contribution is -2.25. The highest BCUT2D eigenvalue weighted by molar-refractivity contribution is 5.92. The Kier molecular flexibility index (Phi) is 6.17. The molecule has 1 aliphatic carbocycles. The minimum absolute atomic E-state index is 0.107. The van der Waals surface area contributed by atoms with Crippen LogP contribution in [0.4, 0.5) is 0 Å². The monoisotopic (exact) mass is 416 g/mol. The molecule has 1 unspecified atom stereocenters. The van der Waals surface area contributed by atoms with Crippen LogP contribution >= 0.6 is 0 Å². The van der Waals surface area contributed by atoms with Crippen molar-refractivity contribution in [1.82, 2.24) is 10.3 Å². The molecule has 0 saturated heterocycles. The Morgan fingerprint density at radius 3 is 2.94 bits per heavy atom. The number of benzene rings is 2. The molecule has 2 aromatic carbocycles. The van der Waals surface area contributed by atoms with E-state index in [4.69, 9.17) is 9.47 Å². The van der Waals surface area contributed by atoms with E-state index in [9.17, 15) is 9.90 Å². The van der Waals surface area contributed by atoms with Gasteiger partial charge in [-0.1, -0.05) is 18.2 Å². The number of hydrogen-bond donors (Lipinski definition) is 2. The van der Waals surface area contributed by atoms with Crippen molar-refractivity contribution in [1.29, 1.82) is 0 Å². The van der Waals surface area contributed by atoms with Gasteiger partial charge >= 0.3 is 0 Å². The molecule has 158 valence electrons. The first-order chi connectivity index (χ1) is 15.1. The molecule has 0 bridgehead atoms. The molecule has 4 rings (SSSR count). The number of carbonyl (C=O) groups excluding carboxylic acids is 1. The molecular formula is C25H24N2O4. The van der Waals surface area contributed by atoms with Gasteiger partial charge in [0.25, 0.3) is 0 Å². The minimum atomic E-state index is -0.209. The maximum Gasteiger partial charge on any atom is 0.244 e. The third kappa shape index (κ3) is 4.86. The summed E-state index contributed by atoms with van der Waals surface area (Å²) in [5.74, 6) is 1.38. The predicted octanol–water partition coefficient (Wildman–Crippen LogP) is 4.19. The summed E-state index contributed by atoms with van der Waals surface area (Å²) in [6.45, 7) is 0.322. The van der Waals surface area contributed by atoms with Gasteiger partial charge in [0.2, 0.25) is 5.91 Å². The summed E-state index contributed by atoms with van der Waals surface area (Å²) >= 11 is 0. The molecule has 31 heavy (non-hydrogen) atoms. The molecule has 0 fully saturated rings. The van der Waals surface area contributed by atoms with Crippen molar-refractivity contribution < 1.29 is 19.4 Å². The van der Waals surface area contributed by atoms with Crippen LogP contribution in [-0.4, -0.2) is 23.1 Å². The summed E-state index contributed by atoms with van der Waals surface area (Å²) in [7, 11) is 1.59. The molecule has 0 radical (unpaired) electrons. The molecular weight excluding hydrogens is 392 g/mol. The van der Waals surface area contributed by atoms with Crippen molar-refractivity contribution in [3.05, 3.63) is 89.3 Å². The van der Waals surface area contributed by atoms with Crippen molar-refractivity contribution in [2.24, 2.45) is 0 Å². The van der Waals surface area contributed by atoms with E-state index < -0.39 is 0 Å². The zero-order valence-electron chi connectivity index (χ0n) is 17.2. The molecule has 1 aromatic heterocycles. The lowest BCUT2D eigenvalue weighted by Gasteiger charge is -2.13. The van der Waals surface area contributed by atoms with Gasteiger partial charge in [0, 0.05) is 17.8 Å². The number of amides is 1. The summed E-state index contributed by atoms with van der Waals surface area (Å²) < 4.78 is 11.2. The molecule has 6 heteroatoms. The largest absolute Gasteiger partial charge is 0.508 e. The van der Waals surface area contributed by atoms with Gasteiger partial charge < -0.3 is 19.9 Å². The van der Waals surface area contributed by atoms with Crippen molar-refractivity contribution in [3.8, 4) is 17.2 Å². The highest BCUT2D eigenvalue weighted by atomic mass is 16.5. The predicted molar refractivity (Wildman–Crippen MR) is 118 cm³/mol. The number of aromatic nitrogens is 1. The summed E-state index contributed by atoms with van der Waals surface area (Å²) in [5, 5.41) is 13.0. The number of rotatable bonds is 7. The Morgan fingerprint density at radius 2 is 2.13 bits per heavy atom. The van der Waals surface area contributed by atoms with E-state index in [1.165, 1.54) is 6.08 Å². The first-order valence-electron chi connectivity index (χ1n) is 10.1. The topological polar surface area (TPSA) is 80.7 Å². The highest BCUT2D eigenvalue weighted by Crippen LogP contribution is 2.36. The van der Waals surface area contributed by atoms with Crippen LogP contribution < -0.4 is 14.8 Å². The molecule has 0 aliphatic heterocycles. The number of methoxy groups -OCH3 is 1. The van der Waals surface area contributed by atoms with Crippen molar-refractivity contribution in [2.75, 3.05) is 7.11 Å². The first-order valence-corrected chi connectivity index (χ1v) is 10.1. The fourth-order valence-electron chi connectivity index (χ4n) is 3.72. The molecule has 3 aromatic rings. The number of nitrogens with one attached hydrogen (secondary N) is 1. The first kappa shape index (κ1) is 20.5. The lowest BCUT2D eigenvalue weighted by molar-refractivity contribution is -0.117. The number of carbonyl (C=O) groups is 1. The number of nitrogens with zero attached hydrogens (tertiary/aromatic N) is 1. The van der Waals surface area contributed by atoms with Gasteiger partial charge in [0.1, 0.15) is 23.9 Å². The van der Waals surface area contributed by atoms with Gasteiger partial charge in [-0.15, -0.1) is 0 Å². The number of phenols is 1. The van der Waals surface area contributed by atoms with E-state index in [1.807, 2.05) is 42.5 Å². The minimum Gasteiger partial charge on any atom is -0.508 e. The molecule has 1 amide bonds. The lowest BCUT2D eigenvalue weighted by atomic mass is 10.1. The van der Waals surface area contributed by atoms with Crippen LogP contribution in [0.3, 0.4) is 0 Å². The van der Waals surface area contributed by atoms with E-state index in [0.29, 0.717) is 18.1 Å². The molecule has 1 heterocycles. The normalized spacial score (nSPS) is 14.9. The average Bonchev–Trinajstić information content (AvgIpc) is 3.21. The van der Waals surface area contributed by atoms with Crippen LogP contribution in [0.2, 0.25) is 0 Å². The fourth-order valence-corrected chi connectivity index (χ4v) is 3.72. The quantitative estimate of drug-likeness (QED) is 0.565. The number of ether oxygens (including phenoxy) is 2. The maximum absolute atomic E-state index is 12.6. The number of phenolic OH excluding ortho intramolecular Hbond substituents is 1. The van der Waals surface area contributed by atoms with Gasteiger partial charge in [-0.3, -0.25) is 9.78 Å². The second kappa shape index (κ2) is 9.34. The third-order valence-electron chi connectivity index (χ3n) is 5.30. The van der Waals surface area contributed by atoms with Crippen LogP contribution in [0.15, 0.2) is 66.9 Å². The van der Waals surface area contributed by atoms with Gasteiger partial charge in [-0.25, -0.2) is 0 Å². The van der Waals surface area contributed by atoms with E-state index in [0.717, 1.165) is 35.2 Å². The summed E-state index contributed by atoms with van der Waals surface area (Å²) in [6, 6.07) is 16.4. The van der Waals surface area contributed by atoms with E-state index >= 15 is 0 Å². The molecule has 1 atom stereocenters. The van der Waals surface area contributed by atoms with Crippen molar-refractivity contribution in [2.45, 2.75) is 25.5 Å². The van der Waals surface area contributed by atoms with Crippen molar-refractivity contribution in [3.63, 3.8) is 0 Å². The van der Waals surface area contributed by atoms with E-state index in [2.05, 4.69) is 10.3 Å². The fraction of sp³-hybridized carbons (Fsp3) is 0.200. The Bertz CT molecular complexity index is 1100. The molecule has 1 aliphatic rings. The SMILES string of the molecule is COc1ccc(OCc2ccccn2)c(/C=C/C(=O)NC2CCc3c(O)cccc32)c1. The molecule has 2 N–H and O–H groups in total. The van der Waals surface area contributed by atoms with Gasteiger partial charge in [-0.2, -0.15) is 0 Å². The Labute approximate surface area is 181 Å². The van der Waals surface area contributed by atoms with Gasteiger partial charge in [0.15, 0.2) is 0 Å². The number of pyridine rings is 1. The zero-order chi connectivity index (χ0) is 21.6. The summed E-state index contributed by atoms with van der Waals surface area (Å²) in [4.78, 5) is 16.8. The van der Waals surface area contributed by atoms with Crippen molar-refractivity contribution >= 4 is 12.0 Å². The Balaban J connectivity index is 1.46. The third-order valence-corrected chi connectivity index (χ3v) is 5.30. The second-order valence-electron chi connectivity index (χ2n) is 7.29. The smallest absolute Gasteiger partial charge is 0.244 e. The molecule has 6 nitrogen and oxygen atoms in total. The number of fused-ring (bicyclic) bond motifs is 1. The highest BCUT2D eigenvalue weighted by Gasteiger charge is 2.25. The van der Waals surface area contributed by atoms with E-state index in [1.54, 1.807) is 31.5 Å². The Hall–Kier alpha value is -3.80. The van der Waals surface area contributed by atoms with Gasteiger partial charge in [-0.05, 0) is 66.4 Å². The van der Waals surface area contributed by atoms with Crippen LogP contribution in [0.1, 0.15) is 34.8 Å². The van der Waals surface area contributed by atoms with Crippen LogP contribution in [0, 0.1) is 0 Å². The van der Waals surface area contributed by atoms with E-state index in [-0.39, 0.29) is 17.7 Å². The Morgan fingerprint density at radius 1 is 1.23 bits per heavy atom. The molecule has 0 saturated carbocycles. The van der Waals surface area contributed by atoms with Gasteiger partial charge in [0.05, 0.1) is 18.8 Å². The summed E-state index contributed by atoms with van der Waals surface area (Å²) in [6.07, 6.45) is 6.44. The summed E-state index contributed by atoms with van der Waals surface area (Å²) in [5.41, 5.74) is 3.43. The zero-order valence-corrected chi connectivity index (χ0v) is 17.2. The van der Waals surface area contributed by atoms with Crippen LogP contribution in [0.5, 0.6) is 17.2 Å². The molecule has 0 spiro atoms. The average molecular weight is 416 g/mol. The standard InChI is InChI=1S/C25H24N2O4/c1-30-19-9-12-24(31-16-18-5-2-3-14-26-18)17(15-19)8-13-25(29)27-22-11-10-21-20(22)6-4-7-23(21)28/h2-9,12-15,22,28H,10-11,16H2,1H3,(H,27,29)/b13-8+. The van der Waals surface area contributed by atoms with Crippen LogP contribution in [-0.2, 0) is 17.8 Å².